The summed E-state index contributed by atoms with van der Waals surface area (Å²) in [5.74, 6) is 0.753. The summed E-state index contributed by atoms with van der Waals surface area (Å²) in [6, 6.07) is 6.52. The number of fused-ring (bicyclic) bond motifs is 1. The molecule has 5 heteroatoms. The van der Waals surface area contributed by atoms with Crippen molar-refractivity contribution in [1.29, 1.82) is 0 Å². The van der Waals surface area contributed by atoms with E-state index in [9.17, 15) is 4.79 Å². The van der Waals surface area contributed by atoms with Crippen molar-refractivity contribution in [1.82, 2.24) is 0 Å². The number of benzene rings is 1. The molecule has 1 aliphatic heterocycles. The first kappa shape index (κ1) is 13.2. The van der Waals surface area contributed by atoms with Gasteiger partial charge in [-0.2, -0.15) is 0 Å². The number of amides is 1. The van der Waals surface area contributed by atoms with Crippen LogP contribution in [-0.2, 0) is 9.53 Å². The Kier molecular flexibility index (Phi) is 3.78. The topological polar surface area (TPSA) is 50.8 Å². The van der Waals surface area contributed by atoms with Crippen molar-refractivity contribution in [3.63, 3.8) is 0 Å². The molecule has 1 aromatic carbocycles. The Balaban J connectivity index is 1.78. The fourth-order valence-electron chi connectivity index (χ4n) is 2.30. The zero-order valence-electron chi connectivity index (χ0n) is 11.7. The summed E-state index contributed by atoms with van der Waals surface area (Å²) < 4.78 is 10.8. The van der Waals surface area contributed by atoms with E-state index in [4.69, 9.17) is 9.47 Å². The van der Waals surface area contributed by atoms with Crippen molar-refractivity contribution in [2.24, 2.45) is 0 Å². The van der Waals surface area contributed by atoms with Gasteiger partial charge in [-0.3, -0.25) is 4.79 Å². The molecule has 1 saturated carbocycles. The Hall–Kier alpha value is -1.75. The van der Waals surface area contributed by atoms with Gasteiger partial charge in [0, 0.05) is 24.9 Å². The lowest BCUT2D eigenvalue weighted by Gasteiger charge is -2.29. The third kappa shape index (κ3) is 2.88. The molecular formula is C15H20N2O3. The van der Waals surface area contributed by atoms with Crippen molar-refractivity contribution in [3.05, 3.63) is 18.2 Å². The van der Waals surface area contributed by atoms with Gasteiger partial charge in [0.05, 0.1) is 12.3 Å². The first-order chi connectivity index (χ1) is 9.78. The molecule has 0 spiro atoms. The summed E-state index contributed by atoms with van der Waals surface area (Å²) in [5, 5.41) is 3.44. The van der Waals surface area contributed by atoms with E-state index < -0.39 is 0 Å². The highest BCUT2D eigenvalue weighted by atomic mass is 16.5. The molecule has 2 aliphatic rings. The van der Waals surface area contributed by atoms with Crippen LogP contribution < -0.4 is 15.0 Å². The largest absolute Gasteiger partial charge is 0.482 e. The Morgan fingerprint density at radius 3 is 3.05 bits per heavy atom. The van der Waals surface area contributed by atoms with E-state index in [0.717, 1.165) is 17.1 Å². The average Bonchev–Trinajstić information content (AvgIpc) is 3.25. The predicted octanol–water partition coefficient (Wildman–Crippen LogP) is 2.02. The third-order valence-electron chi connectivity index (χ3n) is 3.51. The Bertz CT molecular complexity index is 500. The number of ether oxygens (including phenoxy) is 2. The maximum absolute atomic E-state index is 12.0. The van der Waals surface area contributed by atoms with E-state index in [2.05, 4.69) is 5.32 Å². The molecule has 108 valence electrons. The van der Waals surface area contributed by atoms with Crippen LogP contribution in [0.15, 0.2) is 18.2 Å². The van der Waals surface area contributed by atoms with Crippen LogP contribution in [0.25, 0.3) is 0 Å². The van der Waals surface area contributed by atoms with Gasteiger partial charge in [0.1, 0.15) is 5.75 Å². The van der Waals surface area contributed by atoms with E-state index in [1.807, 2.05) is 25.1 Å². The summed E-state index contributed by atoms with van der Waals surface area (Å²) >= 11 is 0. The summed E-state index contributed by atoms with van der Waals surface area (Å²) in [6.45, 7) is 3.83. The van der Waals surface area contributed by atoms with Crippen molar-refractivity contribution in [2.75, 3.05) is 36.6 Å². The van der Waals surface area contributed by atoms with E-state index >= 15 is 0 Å². The normalized spacial score (nSPS) is 17.6. The molecule has 1 amide bonds. The van der Waals surface area contributed by atoms with Gasteiger partial charge in [-0.05, 0) is 38.0 Å². The van der Waals surface area contributed by atoms with Crippen LogP contribution in [0.5, 0.6) is 5.75 Å². The molecule has 0 unspecified atom stereocenters. The fourth-order valence-corrected chi connectivity index (χ4v) is 2.30. The third-order valence-corrected chi connectivity index (χ3v) is 3.51. The highest BCUT2D eigenvalue weighted by molar-refractivity contribution is 5.98. The van der Waals surface area contributed by atoms with E-state index in [1.54, 1.807) is 4.90 Å². The number of rotatable bonds is 6. The zero-order chi connectivity index (χ0) is 13.9. The second-order valence-electron chi connectivity index (χ2n) is 5.13. The minimum Gasteiger partial charge on any atom is -0.482 e. The van der Waals surface area contributed by atoms with E-state index in [1.165, 1.54) is 12.8 Å². The zero-order valence-corrected chi connectivity index (χ0v) is 11.7. The van der Waals surface area contributed by atoms with Gasteiger partial charge in [-0.1, -0.05) is 0 Å². The van der Waals surface area contributed by atoms with E-state index in [-0.39, 0.29) is 12.5 Å². The SMILES string of the molecule is CCOCCN1C(=O)COc2ccc(NC3CC3)cc21. The lowest BCUT2D eigenvalue weighted by molar-refractivity contribution is -0.121. The molecule has 0 aromatic heterocycles. The molecule has 0 saturated heterocycles. The molecule has 3 rings (SSSR count). The lowest BCUT2D eigenvalue weighted by Crippen LogP contribution is -2.40. The second kappa shape index (κ2) is 5.71. The van der Waals surface area contributed by atoms with Crippen LogP contribution >= 0.6 is 0 Å². The highest BCUT2D eigenvalue weighted by Gasteiger charge is 2.27. The standard InChI is InChI=1S/C15H20N2O3/c1-2-19-8-7-17-13-9-12(16-11-3-4-11)5-6-14(13)20-10-15(17)18/h5-6,9,11,16H,2-4,7-8,10H2,1H3. The molecule has 1 heterocycles. The maximum atomic E-state index is 12.0. The lowest BCUT2D eigenvalue weighted by atomic mass is 10.2. The monoisotopic (exact) mass is 276 g/mol. The van der Waals surface area contributed by atoms with Crippen LogP contribution in [0.3, 0.4) is 0 Å². The summed E-state index contributed by atoms with van der Waals surface area (Å²) in [6.07, 6.45) is 2.45. The van der Waals surface area contributed by atoms with E-state index in [0.29, 0.717) is 25.8 Å². The number of carbonyl (C=O) groups excluding carboxylic acids is 1. The average molecular weight is 276 g/mol. The molecular weight excluding hydrogens is 256 g/mol. The molecule has 1 fully saturated rings. The quantitative estimate of drug-likeness (QED) is 0.808. The summed E-state index contributed by atoms with van der Waals surface area (Å²) in [4.78, 5) is 13.8. The highest BCUT2D eigenvalue weighted by Crippen LogP contribution is 2.36. The number of nitrogens with zero attached hydrogens (tertiary/aromatic N) is 1. The molecule has 1 aliphatic carbocycles. The van der Waals surface area contributed by atoms with Crippen LogP contribution in [-0.4, -0.2) is 38.3 Å². The Morgan fingerprint density at radius 2 is 2.30 bits per heavy atom. The number of anilines is 2. The van der Waals surface area contributed by atoms with Gasteiger partial charge in [-0.15, -0.1) is 0 Å². The molecule has 5 nitrogen and oxygen atoms in total. The van der Waals surface area contributed by atoms with Crippen molar-refractivity contribution in [3.8, 4) is 5.75 Å². The van der Waals surface area contributed by atoms with Gasteiger partial charge >= 0.3 is 0 Å². The molecule has 20 heavy (non-hydrogen) atoms. The fraction of sp³-hybridized carbons (Fsp3) is 0.533. The number of carbonyl (C=O) groups is 1. The minimum absolute atomic E-state index is 0.0132. The second-order valence-corrected chi connectivity index (χ2v) is 5.13. The van der Waals surface area contributed by atoms with Crippen LogP contribution in [0.4, 0.5) is 11.4 Å². The van der Waals surface area contributed by atoms with Gasteiger partial charge in [-0.25, -0.2) is 0 Å². The smallest absolute Gasteiger partial charge is 0.265 e. The van der Waals surface area contributed by atoms with Gasteiger partial charge in [0.15, 0.2) is 6.61 Å². The van der Waals surface area contributed by atoms with Crippen LogP contribution in [0.2, 0.25) is 0 Å². The number of nitrogens with one attached hydrogen (secondary N) is 1. The predicted molar refractivity (Wildman–Crippen MR) is 77.4 cm³/mol. The Labute approximate surface area is 118 Å². The van der Waals surface area contributed by atoms with Crippen molar-refractivity contribution >= 4 is 17.3 Å². The first-order valence-electron chi connectivity index (χ1n) is 7.19. The number of hydrogen-bond donors (Lipinski definition) is 1. The van der Waals surface area contributed by atoms with Crippen LogP contribution in [0.1, 0.15) is 19.8 Å². The van der Waals surface area contributed by atoms with Gasteiger partial charge in [0.25, 0.3) is 5.91 Å². The van der Waals surface area contributed by atoms with Crippen LogP contribution in [0, 0.1) is 0 Å². The number of hydrogen-bond acceptors (Lipinski definition) is 4. The summed E-state index contributed by atoms with van der Waals surface area (Å²) in [7, 11) is 0. The molecule has 0 radical (unpaired) electrons. The Morgan fingerprint density at radius 1 is 1.45 bits per heavy atom. The summed E-state index contributed by atoms with van der Waals surface area (Å²) in [5.41, 5.74) is 1.89. The van der Waals surface area contributed by atoms with Gasteiger partial charge in [0.2, 0.25) is 0 Å². The van der Waals surface area contributed by atoms with Crippen molar-refractivity contribution in [2.45, 2.75) is 25.8 Å². The van der Waals surface area contributed by atoms with Crippen molar-refractivity contribution < 1.29 is 14.3 Å². The minimum atomic E-state index is -0.0132. The molecule has 1 aromatic rings. The van der Waals surface area contributed by atoms with Gasteiger partial charge < -0.3 is 19.7 Å². The maximum Gasteiger partial charge on any atom is 0.265 e. The molecule has 0 atom stereocenters. The first-order valence-corrected chi connectivity index (χ1v) is 7.19. The molecule has 1 N–H and O–H groups in total. The molecule has 0 bridgehead atoms.